The van der Waals surface area contributed by atoms with Crippen LogP contribution in [0.15, 0.2) is 29.4 Å². The average molecular weight is 201 g/mol. The summed E-state index contributed by atoms with van der Waals surface area (Å²) >= 11 is 0. The molecule has 78 valence electrons. The number of nitrogens with one attached hydrogen (secondary N) is 1. The van der Waals surface area contributed by atoms with Gasteiger partial charge in [-0.2, -0.15) is 0 Å². The van der Waals surface area contributed by atoms with Gasteiger partial charge in [-0.25, -0.2) is 4.99 Å². The first-order valence-electron chi connectivity index (χ1n) is 5.02. The van der Waals surface area contributed by atoms with Gasteiger partial charge in [-0.3, -0.25) is 0 Å². The van der Waals surface area contributed by atoms with Crippen LogP contribution in [0, 0.1) is 13.8 Å². The predicted octanol–water partition coefficient (Wildman–Crippen LogP) is 1.75. The first kappa shape index (κ1) is 9.77. The SMILES string of the molecule is Cc1cc(N)cc(C)c1C1=NC=CCN1. The maximum absolute atomic E-state index is 5.78. The molecule has 0 saturated carbocycles. The molecule has 0 radical (unpaired) electrons. The minimum Gasteiger partial charge on any atom is -0.399 e. The molecule has 1 aliphatic heterocycles. The molecular weight excluding hydrogens is 186 g/mol. The van der Waals surface area contributed by atoms with E-state index in [1.165, 1.54) is 0 Å². The summed E-state index contributed by atoms with van der Waals surface area (Å²) in [6, 6.07) is 3.95. The molecule has 3 heteroatoms. The normalized spacial score (nSPS) is 14.7. The van der Waals surface area contributed by atoms with Gasteiger partial charge < -0.3 is 11.1 Å². The number of nitrogens with two attached hydrogens (primary N) is 1. The number of amidine groups is 1. The van der Waals surface area contributed by atoms with Crippen molar-refractivity contribution in [3.05, 3.63) is 41.1 Å². The van der Waals surface area contributed by atoms with Crippen LogP contribution in [0.4, 0.5) is 5.69 Å². The lowest BCUT2D eigenvalue weighted by atomic mass is 10.0. The first-order valence-corrected chi connectivity index (χ1v) is 5.02. The highest BCUT2D eigenvalue weighted by atomic mass is 15.0. The molecule has 0 amide bonds. The van der Waals surface area contributed by atoms with E-state index >= 15 is 0 Å². The zero-order valence-electron chi connectivity index (χ0n) is 9.04. The van der Waals surface area contributed by atoms with Crippen LogP contribution in [0.2, 0.25) is 0 Å². The fourth-order valence-electron chi connectivity index (χ4n) is 1.90. The highest BCUT2D eigenvalue weighted by Gasteiger charge is 2.11. The molecule has 15 heavy (non-hydrogen) atoms. The highest BCUT2D eigenvalue weighted by molar-refractivity contribution is 6.02. The zero-order chi connectivity index (χ0) is 10.8. The van der Waals surface area contributed by atoms with Gasteiger partial charge in [0.05, 0.1) is 0 Å². The second-order valence-electron chi connectivity index (χ2n) is 3.77. The molecule has 0 unspecified atom stereocenters. The number of aliphatic imine (C=N–C) groups is 1. The van der Waals surface area contributed by atoms with Crippen LogP contribution in [0.25, 0.3) is 0 Å². The molecule has 1 heterocycles. The molecule has 3 nitrogen and oxygen atoms in total. The fourth-order valence-corrected chi connectivity index (χ4v) is 1.90. The van der Waals surface area contributed by atoms with Gasteiger partial charge in [-0.1, -0.05) is 0 Å². The minimum atomic E-state index is 0.806. The molecule has 0 spiro atoms. The average Bonchev–Trinajstić information content (AvgIpc) is 2.17. The maximum Gasteiger partial charge on any atom is 0.133 e. The summed E-state index contributed by atoms with van der Waals surface area (Å²) in [7, 11) is 0. The van der Waals surface area contributed by atoms with E-state index in [1.54, 1.807) is 0 Å². The van der Waals surface area contributed by atoms with E-state index in [-0.39, 0.29) is 0 Å². The van der Waals surface area contributed by atoms with E-state index in [4.69, 9.17) is 5.73 Å². The van der Waals surface area contributed by atoms with Crippen molar-refractivity contribution in [2.24, 2.45) is 4.99 Å². The second kappa shape index (κ2) is 3.77. The Morgan fingerprint density at radius 3 is 2.47 bits per heavy atom. The number of nitrogens with zero attached hydrogens (tertiary/aromatic N) is 1. The van der Waals surface area contributed by atoms with Crippen LogP contribution in [0.5, 0.6) is 0 Å². The molecule has 0 aromatic heterocycles. The Morgan fingerprint density at radius 2 is 1.93 bits per heavy atom. The largest absolute Gasteiger partial charge is 0.399 e. The standard InChI is InChI=1S/C12H15N3/c1-8-6-10(13)7-9(2)11(8)12-14-4-3-5-15-12/h3-4,6-7H,5,13H2,1-2H3,(H,14,15). The molecule has 0 bridgehead atoms. The van der Waals surface area contributed by atoms with Gasteiger partial charge in [-0.05, 0) is 43.2 Å². The van der Waals surface area contributed by atoms with E-state index in [0.29, 0.717) is 0 Å². The molecular formula is C12H15N3. The molecule has 0 fully saturated rings. The topological polar surface area (TPSA) is 50.4 Å². The van der Waals surface area contributed by atoms with Crippen molar-refractivity contribution < 1.29 is 0 Å². The second-order valence-corrected chi connectivity index (χ2v) is 3.77. The summed E-state index contributed by atoms with van der Waals surface area (Å²) in [6.07, 6.45) is 3.83. The van der Waals surface area contributed by atoms with Crippen LogP contribution in [-0.4, -0.2) is 12.4 Å². The van der Waals surface area contributed by atoms with E-state index in [0.717, 1.165) is 34.8 Å². The van der Waals surface area contributed by atoms with E-state index < -0.39 is 0 Å². The monoisotopic (exact) mass is 201 g/mol. The van der Waals surface area contributed by atoms with Crippen LogP contribution >= 0.6 is 0 Å². The van der Waals surface area contributed by atoms with Crippen molar-refractivity contribution in [3.63, 3.8) is 0 Å². The van der Waals surface area contributed by atoms with Crippen molar-refractivity contribution >= 4 is 11.5 Å². The first-order chi connectivity index (χ1) is 7.18. The Labute approximate surface area is 89.7 Å². The van der Waals surface area contributed by atoms with E-state index in [1.807, 2.05) is 24.4 Å². The third kappa shape index (κ3) is 1.86. The summed E-state index contributed by atoms with van der Waals surface area (Å²) in [6.45, 7) is 4.95. The van der Waals surface area contributed by atoms with Gasteiger partial charge >= 0.3 is 0 Å². The van der Waals surface area contributed by atoms with Crippen molar-refractivity contribution in [2.45, 2.75) is 13.8 Å². The molecule has 1 aromatic rings. The number of anilines is 1. The van der Waals surface area contributed by atoms with Crippen LogP contribution < -0.4 is 11.1 Å². The summed E-state index contributed by atoms with van der Waals surface area (Å²) in [4.78, 5) is 4.34. The van der Waals surface area contributed by atoms with Crippen LogP contribution in [-0.2, 0) is 0 Å². The van der Waals surface area contributed by atoms with Gasteiger partial charge in [-0.15, -0.1) is 0 Å². The van der Waals surface area contributed by atoms with Crippen molar-refractivity contribution in [2.75, 3.05) is 12.3 Å². The smallest absolute Gasteiger partial charge is 0.133 e. The lowest BCUT2D eigenvalue weighted by Crippen LogP contribution is -2.28. The Kier molecular flexibility index (Phi) is 2.46. The highest BCUT2D eigenvalue weighted by Crippen LogP contribution is 2.18. The Morgan fingerprint density at radius 1 is 1.27 bits per heavy atom. The third-order valence-corrected chi connectivity index (χ3v) is 2.49. The molecule has 2 rings (SSSR count). The molecule has 3 N–H and O–H groups in total. The Hall–Kier alpha value is -1.77. The summed E-state index contributed by atoms with van der Waals surface area (Å²) in [5, 5.41) is 3.26. The predicted molar refractivity (Wildman–Crippen MR) is 64.0 cm³/mol. The van der Waals surface area contributed by atoms with Crippen molar-refractivity contribution in [3.8, 4) is 0 Å². The number of hydrogen-bond acceptors (Lipinski definition) is 3. The van der Waals surface area contributed by atoms with Gasteiger partial charge in [0, 0.05) is 24.0 Å². The van der Waals surface area contributed by atoms with Crippen molar-refractivity contribution in [1.82, 2.24) is 5.32 Å². The van der Waals surface area contributed by atoms with Gasteiger partial charge in [0.1, 0.15) is 5.84 Å². The number of rotatable bonds is 1. The molecule has 1 aromatic carbocycles. The van der Waals surface area contributed by atoms with Crippen LogP contribution in [0.3, 0.4) is 0 Å². The molecule has 1 aliphatic rings. The Bertz CT molecular complexity index is 421. The number of aryl methyl sites for hydroxylation is 2. The van der Waals surface area contributed by atoms with Gasteiger partial charge in [0.25, 0.3) is 0 Å². The third-order valence-electron chi connectivity index (χ3n) is 2.49. The number of benzene rings is 1. The maximum atomic E-state index is 5.78. The summed E-state index contributed by atoms with van der Waals surface area (Å²) in [5.74, 6) is 0.938. The fraction of sp³-hybridized carbons (Fsp3) is 0.250. The lowest BCUT2D eigenvalue weighted by Gasteiger charge is -2.16. The van der Waals surface area contributed by atoms with Gasteiger partial charge in [0.15, 0.2) is 0 Å². The quantitative estimate of drug-likeness (QED) is 0.680. The number of nitrogen functional groups attached to an aromatic ring is 1. The van der Waals surface area contributed by atoms with E-state index in [2.05, 4.69) is 24.2 Å². The van der Waals surface area contributed by atoms with Gasteiger partial charge in [0.2, 0.25) is 0 Å². The lowest BCUT2D eigenvalue weighted by molar-refractivity contribution is 1.01. The molecule has 0 aliphatic carbocycles. The zero-order valence-corrected chi connectivity index (χ0v) is 9.04. The minimum absolute atomic E-state index is 0.806. The molecule has 0 atom stereocenters. The molecule has 0 saturated heterocycles. The number of hydrogen-bond donors (Lipinski definition) is 2. The van der Waals surface area contributed by atoms with E-state index in [9.17, 15) is 0 Å². The van der Waals surface area contributed by atoms with Crippen LogP contribution in [0.1, 0.15) is 16.7 Å². The van der Waals surface area contributed by atoms with Crippen molar-refractivity contribution in [1.29, 1.82) is 0 Å². The summed E-state index contributed by atoms with van der Waals surface area (Å²) < 4.78 is 0. The Balaban J connectivity index is 2.52. The summed E-state index contributed by atoms with van der Waals surface area (Å²) in [5.41, 5.74) is 10.1.